The zero-order valence-corrected chi connectivity index (χ0v) is 27.7. The summed E-state index contributed by atoms with van der Waals surface area (Å²) < 4.78 is 49.2. The second-order valence-electron chi connectivity index (χ2n) is 11.1. The predicted molar refractivity (Wildman–Crippen MR) is 188 cm³/mol. The largest absolute Gasteiger partial charge is 0.748 e. The third-order valence-corrected chi connectivity index (χ3v) is 8.71. The first-order chi connectivity index (χ1) is 23.1. The van der Waals surface area contributed by atoms with Crippen LogP contribution in [0.1, 0.15) is 28.9 Å². The number of aromatic hydroxyl groups is 1. The van der Waals surface area contributed by atoms with Crippen molar-refractivity contribution in [2.75, 3.05) is 19.1 Å². The molecule has 5 aromatic rings. The molecule has 0 radical (unpaired) electrons. The number of carboxylic acid groups (broad SMARTS) is 1. The van der Waals surface area contributed by atoms with Crippen LogP contribution in [-0.4, -0.2) is 78.5 Å². The number of aromatic amines is 1. The van der Waals surface area contributed by atoms with Gasteiger partial charge in [-0.25, -0.2) is 21.8 Å². The number of aromatic nitrogens is 1. The smallest absolute Gasteiger partial charge is 0.280 e. The van der Waals surface area contributed by atoms with Crippen molar-refractivity contribution in [2.45, 2.75) is 13.5 Å². The van der Waals surface area contributed by atoms with Crippen molar-refractivity contribution in [1.82, 2.24) is 9.29 Å². The predicted octanol–water partition coefficient (Wildman–Crippen LogP) is 3.89. The molecular formula is C36H33N3O9S2-2. The molecule has 0 bridgehead atoms. The highest BCUT2D eigenvalue weighted by molar-refractivity contribution is 7.88. The first-order valence-corrected chi connectivity index (χ1v) is 18.3. The van der Waals surface area contributed by atoms with Gasteiger partial charge in [-0.3, -0.25) is 4.79 Å². The molecule has 14 heteroatoms. The lowest BCUT2D eigenvalue weighted by Gasteiger charge is -2.05. The second-order valence-corrected chi connectivity index (χ2v) is 14.5. The van der Waals surface area contributed by atoms with Gasteiger partial charge in [0.1, 0.15) is 0 Å². The Kier molecular flexibility index (Phi) is 11.2. The van der Waals surface area contributed by atoms with Crippen molar-refractivity contribution in [3.8, 4) is 39.4 Å². The summed E-state index contributed by atoms with van der Waals surface area (Å²) in [5, 5.41) is 20.7. The van der Waals surface area contributed by atoms with E-state index < -0.39 is 32.2 Å². The highest BCUT2D eigenvalue weighted by Gasteiger charge is 2.42. The van der Waals surface area contributed by atoms with Crippen molar-refractivity contribution in [3.63, 3.8) is 0 Å². The zero-order valence-electron chi connectivity index (χ0n) is 26.1. The normalized spacial score (nSPS) is 16.0. The molecule has 4 aromatic carbocycles. The van der Waals surface area contributed by atoms with Gasteiger partial charge in [-0.2, -0.15) is 4.31 Å². The minimum absolute atomic E-state index is 0. The molecule has 12 nitrogen and oxygen atoms in total. The molecule has 0 spiro atoms. The molecular weight excluding hydrogens is 683 g/mol. The summed E-state index contributed by atoms with van der Waals surface area (Å²) >= 11 is 0. The number of rotatable bonds is 6. The summed E-state index contributed by atoms with van der Waals surface area (Å²) in [7, 11) is -7.23. The van der Waals surface area contributed by atoms with Gasteiger partial charge in [0.15, 0.2) is 5.88 Å². The van der Waals surface area contributed by atoms with E-state index in [0.717, 1.165) is 43.9 Å². The van der Waals surface area contributed by atoms with Gasteiger partial charge in [-0.15, -0.1) is 0 Å². The molecule has 260 valence electrons. The number of sulfonamides is 1. The number of H-pyrrole nitrogens is 1. The molecule has 0 saturated carbocycles. The van der Waals surface area contributed by atoms with Gasteiger partial charge >= 0.3 is 0 Å². The number of carboxylic acids is 1. The molecule has 2 unspecified atom stereocenters. The molecule has 0 aliphatic carbocycles. The number of benzene rings is 4. The molecule has 2 atom stereocenters. The third kappa shape index (κ3) is 8.98. The Morgan fingerprint density at radius 1 is 0.740 bits per heavy atom. The number of fused-ring (bicyclic) bond motifs is 1. The van der Waals surface area contributed by atoms with Crippen LogP contribution in [0.2, 0.25) is 0 Å². The van der Waals surface area contributed by atoms with Crippen molar-refractivity contribution in [1.29, 1.82) is 0 Å². The molecule has 2 aliphatic heterocycles. The SMILES string of the molecule is C.CS(=O)(=O)N1CC1C(=O)[O-].CS(=O)(=O)[O-].O=C1N=C(c2ccc(-c3ccccc3)cc2)c2c(O)[nH]c(-c3ccc(-c4ccccc4)cc3)c21. The number of hydrogen-bond acceptors (Lipinski definition) is 9. The zero-order chi connectivity index (χ0) is 35.5. The van der Waals surface area contributed by atoms with Gasteiger partial charge in [0.25, 0.3) is 5.91 Å². The molecule has 2 aliphatic rings. The maximum atomic E-state index is 12.9. The number of aliphatic imine (C=N–C) groups is 1. The Balaban J connectivity index is 0.000000294. The van der Waals surface area contributed by atoms with Crippen LogP contribution in [0.4, 0.5) is 0 Å². The van der Waals surface area contributed by atoms with E-state index in [1.807, 2.05) is 84.9 Å². The number of aliphatic carboxylic acids is 1. The first kappa shape index (κ1) is 37.4. The van der Waals surface area contributed by atoms with E-state index in [-0.39, 0.29) is 25.8 Å². The Labute approximate surface area is 290 Å². The topological polar surface area (TPSA) is 200 Å². The number of nitrogens with one attached hydrogen (secondary N) is 1. The molecule has 1 fully saturated rings. The van der Waals surface area contributed by atoms with E-state index in [4.69, 9.17) is 13.0 Å². The fraction of sp³-hybridized carbons (Fsp3) is 0.139. The Hall–Kier alpha value is -5.41. The van der Waals surface area contributed by atoms with Crippen LogP contribution in [0.3, 0.4) is 0 Å². The minimum atomic E-state index is -3.92. The number of carbonyl (C=O) groups is 2. The van der Waals surface area contributed by atoms with Gasteiger partial charge in [0.05, 0.1) is 50.9 Å². The summed E-state index contributed by atoms with van der Waals surface area (Å²) in [6.45, 7) is 0.0567. The molecule has 3 heterocycles. The lowest BCUT2D eigenvalue weighted by Crippen LogP contribution is -2.31. The lowest BCUT2D eigenvalue weighted by atomic mass is 9.97. The Bertz CT molecular complexity index is 2240. The highest BCUT2D eigenvalue weighted by atomic mass is 32.2. The minimum Gasteiger partial charge on any atom is -0.748 e. The molecule has 1 aromatic heterocycles. The number of carbonyl (C=O) groups excluding carboxylic acids is 2. The summed E-state index contributed by atoms with van der Waals surface area (Å²) in [4.78, 5) is 30.2. The van der Waals surface area contributed by atoms with Gasteiger partial charge in [-0.05, 0) is 27.8 Å². The van der Waals surface area contributed by atoms with Crippen LogP contribution < -0.4 is 5.11 Å². The highest BCUT2D eigenvalue weighted by Crippen LogP contribution is 2.38. The van der Waals surface area contributed by atoms with Gasteiger partial charge in [0, 0.05) is 18.4 Å². The number of amides is 1. The average molecular weight is 716 g/mol. The second kappa shape index (κ2) is 15.0. The molecule has 2 N–H and O–H groups in total. The summed E-state index contributed by atoms with van der Waals surface area (Å²) in [5.41, 5.74) is 7.93. The van der Waals surface area contributed by atoms with E-state index in [2.05, 4.69) is 34.2 Å². The van der Waals surface area contributed by atoms with E-state index in [1.165, 1.54) is 0 Å². The van der Waals surface area contributed by atoms with Crippen LogP contribution in [0, 0.1) is 0 Å². The van der Waals surface area contributed by atoms with E-state index in [1.54, 1.807) is 0 Å². The molecule has 1 saturated heterocycles. The van der Waals surface area contributed by atoms with Crippen molar-refractivity contribution in [2.24, 2.45) is 4.99 Å². The van der Waals surface area contributed by atoms with Crippen LogP contribution >= 0.6 is 0 Å². The van der Waals surface area contributed by atoms with Crippen molar-refractivity contribution < 1.29 is 41.2 Å². The summed E-state index contributed by atoms with van der Waals surface area (Å²) in [6.07, 6.45) is 1.57. The maximum Gasteiger partial charge on any atom is 0.280 e. The Morgan fingerprint density at radius 2 is 1.14 bits per heavy atom. The Morgan fingerprint density at radius 3 is 1.52 bits per heavy atom. The van der Waals surface area contributed by atoms with Gasteiger partial charge < -0.3 is 24.5 Å². The monoisotopic (exact) mass is 715 g/mol. The van der Waals surface area contributed by atoms with E-state index in [0.29, 0.717) is 28.8 Å². The van der Waals surface area contributed by atoms with Crippen LogP contribution in [0.15, 0.2) is 114 Å². The van der Waals surface area contributed by atoms with Crippen molar-refractivity contribution >= 4 is 37.7 Å². The van der Waals surface area contributed by atoms with E-state index in [9.17, 15) is 28.2 Å². The van der Waals surface area contributed by atoms with Gasteiger partial charge in [0.2, 0.25) is 10.0 Å². The van der Waals surface area contributed by atoms with Crippen LogP contribution in [0.25, 0.3) is 33.5 Å². The molecule has 1 amide bonds. The number of hydrogen-bond donors (Lipinski definition) is 2. The number of nitrogens with zero attached hydrogens (tertiary/aromatic N) is 2. The fourth-order valence-electron chi connectivity index (χ4n) is 5.16. The molecule has 7 rings (SSSR count). The van der Waals surface area contributed by atoms with E-state index >= 15 is 0 Å². The fourth-order valence-corrected chi connectivity index (χ4v) is 6.12. The summed E-state index contributed by atoms with van der Waals surface area (Å²) in [6, 6.07) is 35.1. The molecule has 50 heavy (non-hydrogen) atoms. The maximum absolute atomic E-state index is 12.9. The summed E-state index contributed by atoms with van der Waals surface area (Å²) in [5.74, 6) is -1.73. The first-order valence-electron chi connectivity index (χ1n) is 14.6. The van der Waals surface area contributed by atoms with Crippen LogP contribution in [0.5, 0.6) is 5.88 Å². The van der Waals surface area contributed by atoms with Crippen LogP contribution in [-0.2, 0) is 24.9 Å². The quantitative estimate of drug-likeness (QED) is 0.193. The standard InChI is InChI=1S/C30H20N2O2.C4H7NO4S.CH4O3S.CH4/c33-29-25-26(28(32-29)24-17-13-22(14-18-24)20-9-5-2-6-10-20)30(34)31-27(25)23-15-11-21(12-16-23)19-7-3-1-4-8-19;1-10(8,9)5-2-3(5)4(6)7;1-5(2,3)4;/h1-18,31,34H;3H,2H2,1H3,(H,6,7);1H3,(H,2,3,4);1H4/p-2. The third-order valence-electron chi connectivity index (χ3n) is 7.46. The van der Waals surface area contributed by atoms with Gasteiger partial charge in [-0.1, -0.05) is 117 Å². The lowest BCUT2D eigenvalue weighted by molar-refractivity contribution is -0.305. The van der Waals surface area contributed by atoms with Crippen molar-refractivity contribution in [3.05, 3.63) is 126 Å². The average Bonchev–Trinajstić information content (AvgIpc) is 3.74.